The monoisotopic (exact) mass is 233 g/mol. The molecule has 17 heavy (non-hydrogen) atoms. The number of rotatable bonds is 7. The van der Waals surface area contributed by atoms with Gasteiger partial charge < -0.3 is 10.1 Å². The lowest BCUT2D eigenvalue weighted by atomic mass is 10.0. The molecule has 0 aromatic heterocycles. The first kappa shape index (κ1) is 12.4. The van der Waals surface area contributed by atoms with Crippen LogP contribution in [0.5, 0.6) is 5.75 Å². The molecule has 1 aromatic carbocycles. The van der Waals surface area contributed by atoms with E-state index in [9.17, 15) is 0 Å². The van der Waals surface area contributed by atoms with E-state index in [0.717, 1.165) is 25.4 Å². The zero-order chi connectivity index (χ0) is 12.1. The van der Waals surface area contributed by atoms with Crippen LogP contribution in [0.2, 0.25) is 0 Å². The molecule has 0 spiro atoms. The summed E-state index contributed by atoms with van der Waals surface area (Å²) < 4.78 is 5.43. The summed E-state index contributed by atoms with van der Waals surface area (Å²) in [4.78, 5) is 0. The molecular weight excluding hydrogens is 210 g/mol. The molecule has 0 unspecified atom stereocenters. The van der Waals surface area contributed by atoms with Crippen molar-refractivity contribution in [2.24, 2.45) is 5.41 Å². The van der Waals surface area contributed by atoms with E-state index in [0.29, 0.717) is 5.41 Å². The Balaban J connectivity index is 1.75. The summed E-state index contributed by atoms with van der Waals surface area (Å²) in [5.41, 5.74) is 1.96. The molecule has 0 aliphatic heterocycles. The van der Waals surface area contributed by atoms with Gasteiger partial charge >= 0.3 is 0 Å². The lowest BCUT2D eigenvalue weighted by molar-refractivity contribution is 0.340. The second-order valence-corrected chi connectivity index (χ2v) is 5.03. The number of benzene rings is 1. The van der Waals surface area contributed by atoms with Gasteiger partial charge in [-0.3, -0.25) is 0 Å². The van der Waals surface area contributed by atoms with Gasteiger partial charge in [0.15, 0.2) is 0 Å². The molecule has 1 N–H and O–H groups in total. The van der Waals surface area contributed by atoms with E-state index in [2.05, 4.69) is 24.4 Å². The summed E-state index contributed by atoms with van der Waals surface area (Å²) in [5.74, 6) is 0.962. The molecule has 2 nitrogen and oxygen atoms in total. The maximum Gasteiger partial charge on any atom is 0.119 e. The predicted octanol–water partition coefficient (Wildman–Crippen LogP) is 3.37. The summed E-state index contributed by atoms with van der Waals surface area (Å²) >= 11 is 0. The van der Waals surface area contributed by atoms with Crippen LogP contribution in [-0.2, 0) is 6.54 Å². The fourth-order valence-corrected chi connectivity index (χ4v) is 2.17. The Morgan fingerprint density at radius 2 is 1.88 bits per heavy atom. The molecule has 0 heterocycles. The van der Waals surface area contributed by atoms with Crippen LogP contribution in [-0.4, -0.2) is 13.2 Å². The van der Waals surface area contributed by atoms with Crippen LogP contribution in [0.1, 0.15) is 38.7 Å². The van der Waals surface area contributed by atoms with Gasteiger partial charge in [-0.15, -0.1) is 0 Å². The van der Waals surface area contributed by atoms with E-state index in [-0.39, 0.29) is 0 Å². The molecule has 0 saturated heterocycles. The largest absolute Gasteiger partial charge is 0.494 e. The van der Waals surface area contributed by atoms with Crippen LogP contribution >= 0.6 is 0 Å². The Bertz CT molecular complexity index is 340. The maximum absolute atomic E-state index is 5.43. The molecule has 2 rings (SSSR count). The van der Waals surface area contributed by atoms with Crippen LogP contribution < -0.4 is 10.1 Å². The molecular formula is C15H23NO. The van der Waals surface area contributed by atoms with Crippen LogP contribution in [0.3, 0.4) is 0 Å². The molecule has 2 heteroatoms. The van der Waals surface area contributed by atoms with Gasteiger partial charge in [-0.05, 0) is 49.3 Å². The molecule has 1 fully saturated rings. The van der Waals surface area contributed by atoms with Gasteiger partial charge in [0.05, 0.1) is 6.61 Å². The Morgan fingerprint density at radius 1 is 1.18 bits per heavy atom. The van der Waals surface area contributed by atoms with Crippen LogP contribution in [0, 0.1) is 5.41 Å². The predicted molar refractivity (Wildman–Crippen MR) is 71.3 cm³/mol. The highest BCUT2D eigenvalue weighted by Crippen LogP contribution is 2.47. The number of nitrogens with one attached hydrogen (secondary N) is 1. The summed E-state index contributed by atoms with van der Waals surface area (Å²) in [6.45, 7) is 7.17. The highest BCUT2D eigenvalue weighted by atomic mass is 16.5. The fourth-order valence-electron chi connectivity index (χ4n) is 2.17. The van der Waals surface area contributed by atoms with Crippen LogP contribution in [0.15, 0.2) is 24.3 Å². The van der Waals surface area contributed by atoms with E-state index in [1.54, 1.807) is 0 Å². The first-order chi connectivity index (χ1) is 8.28. The zero-order valence-corrected chi connectivity index (χ0v) is 11.0. The Labute approximate surface area is 104 Å². The van der Waals surface area contributed by atoms with E-state index in [1.165, 1.54) is 24.8 Å². The number of ether oxygens (including phenoxy) is 1. The molecule has 0 atom stereocenters. The van der Waals surface area contributed by atoms with Crippen molar-refractivity contribution in [3.63, 3.8) is 0 Å². The molecule has 1 aromatic rings. The quantitative estimate of drug-likeness (QED) is 0.779. The maximum atomic E-state index is 5.43. The minimum Gasteiger partial charge on any atom is -0.494 e. The topological polar surface area (TPSA) is 21.3 Å². The highest BCUT2D eigenvalue weighted by molar-refractivity contribution is 5.27. The average Bonchev–Trinajstić information content (AvgIpc) is 3.13. The smallest absolute Gasteiger partial charge is 0.119 e. The SMILES string of the molecule is CCOc1ccc(CNCC2(CC)CC2)cc1. The number of hydrogen-bond donors (Lipinski definition) is 1. The van der Waals surface area contributed by atoms with Crippen molar-refractivity contribution in [3.05, 3.63) is 29.8 Å². The zero-order valence-electron chi connectivity index (χ0n) is 11.0. The molecule has 1 saturated carbocycles. The normalized spacial score (nSPS) is 16.8. The van der Waals surface area contributed by atoms with E-state index >= 15 is 0 Å². The van der Waals surface area contributed by atoms with Gasteiger partial charge in [0.25, 0.3) is 0 Å². The first-order valence-corrected chi connectivity index (χ1v) is 6.70. The van der Waals surface area contributed by atoms with Gasteiger partial charge in [-0.1, -0.05) is 19.1 Å². The molecule has 94 valence electrons. The molecule has 1 aliphatic carbocycles. The Hall–Kier alpha value is -1.02. The second-order valence-electron chi connectivity index (χ2n) is 5.03. The Morgan fingerprint density at radius 3 is 2.41 bits per heavy atom. The third-order valence-electron chi connectivity index (χ3n) is 3.77. The van der Waals surface area contributed by atoms with Crippen molar-refractivity contribution < 1.29 is 4.74 Å². The molecule has 0 amide bonds. The van der Waals surface area contributed by atoms with E-state index in [4.69, 9.17) is 4.74 Å². The van der Waals surface area contributed by atoms with E-state index < -0.39 is 0 Å². The third-order valence-corrected chi connectivity index (χ3v) is 3.77. The average molecular weight is 233 g/mol. The lowest BCUT2D eigenvalue weighted by Crippen LogP contribution is -2.23. The fraction of sp³-hybridized carbons (Fsp3) is 0.600. The van der Waals surface area contributed by atoms with Gasteiger partial charge in [0.1, 0.15) is 5.75 Å². The van der Waals surface area contributed by atoms with Gasteiger partial charge in [0.2, 0.25) is 0 Å². The highest BCUT2D eigenvalue weighted by Gasteiger charge is 2.39. The van der Waals surface area contributed by atoms with Gasteiger partial charge in [0, 0.05) is 13.1 Å². The van der Waals surface area contributed by atoms with Crippen molar-refractivity contribution >= 4 is 0 Å². The van der Waals surface area contributed by atoms with Crippen molar-refractivity contribution in [2.45, 2.75) is 39.7 Å². The summed E-state index contributed by atoms with van der Waals surface area (Å²) in [6, 6.07) is 8.38. The summed E-state index contributed by atoms with van der Waals surface area (Å²) in [6.07, 6.45) is 4.11. The standard InChI is InChI=1S/C15H23NO/c1-3-15(9-10-15)12-16-11-13-5-7-14(8-6-13)17-4-2/h5-8,16H,3-4,9-12H2,1-2H3. The minimum absolute atomic E-state index is 0.630. The van der Waals surface area contributed by atoms with Crippen LogP contribution in [0.25, 0.3) is 0 Å². The molecule has 0 radical (unpaired) electrons. The van der Waals surface area contributed by atoms with Crippen molar-refractivity contribution in [3.8, 4) is 5.75 Å². The summed E-state index contributed by atoms with van der Waals surface area (Å²) in [7, 11) is 0. The third kappa shape index (κ3) is 3.47. The lowest BCUT2D eigenvalue weighted by Gasteiger charge is -2.13. The van der Waals surface area contributed by atoms with Crippen molar-refractivity contribution in [1.29, 1.82) is 0 Å². The van der Waals surface area contributed by atoms with E-state index in [1.807, 2.05) is 19.1 Å². The van der Waals surface area contributed by atoms with Gasteiger partial charge in [-0.2, -0.15) is 0 Å². The first-order valence-electron chi connectivity index (χ1n) is 6.70. The second kappa shape index (κ2) is 5.54. The number of hydrogen-bond acceptors (Lipinski definition) is 2. The summed E-state index contributed by atoms with van der Waals surface area (Å²) in [5, 5.41) is 3.57. The van der Waals surface area contributed by atoms with Gasteiger partial charge in [-0.25, -0.2) is 0 Å². The minimum atomic E-state index is 0.630. The van der Waals surface area contributed by atoms with Crippen molar-refractivity contribution in [1.82, 2.24) is 5.32 Å². The van der Waals surface area contributed by atoms with Crippen molar-refractivity contribution in [2.75, 3.05) is 13.2 Å². The van der Waals surface area contributed by atoms with Crippen LogP contribution in [0.4, 0.5) is 0 Å². The molecule has 0 bridgehead atoms. The Kier molecular flexibility index (Phi) is 4.06. The molecule has 1 aliphatic rings.